The molecule has 0 bridgehead atoms. The van der Waals surface area contributed by atoms with Crippen LogP contribution in [0.5, 0.6) is 5.75 Å². The Balaban J connectivity index is 1.77. The first-order valence-corrected chi connectivity index (χ1v) is 8.05. The van der Waals surface area contributed by atoms with Crippen LogP contribution in [0.3, 0.4) is 0 Å². The average molecular weight is 360 g/mol. The van der Waals surface area contributed by atoms with Gasteiger partial charge < -0.3 is 13.9 Å². The van der Waals surface area contributed by atoms with Crippen molar-refractivity contribution in [3.05, 3.63) is 92.6 Å². The Bertz CT molecular complexity index is 1340. The normalized spacial score (nSPS) is 11.4. The van der Waals surface area contributed by atoms with Crippen LogP contribution in [0.2, 0.25) is 0 Å². The van der Waals surface area contributed by atoms with Gasteiger partial charge in [-0.3, -0.25) is 4.79 Å². The molecule has 27 heavy (non-hydrogen) atoms. The molecule has 2 heterocycles. The number of allylic oxidation sites excluding steroid dienone is 1. The molecule has 0 aliphatic rings. The lowest BCUT2D eigenvalue weighted by Crippen LogP contribution is -2.13. The first-order valence-electron chi connectivity index (χ1n) is 8.05. The minimum atomic E-state index is -0.952. The van der Waals surface area contributed by atoms with Gasteiger partial charge in [-0.05, 0) is 36.4 Å². The Morgan fingerprint density at radius 1 is 0.889 bits per heavy atom. The second kappa shape index (κ2) is 6.42. The van der Waals surface area contributed by atoms with Crippen molar-refractivity contribution in [2.24, 2.45) is 0 Å². The van der Waals surface area contributed by atoms with E-state index in [1.54, 1.807) is 42.5 Å². The van der Waals surface area contributed by atoms with E-state index in [0.717, 1.165) is 6.08 Å². The van der Waals surface area contributed by atoms with E-state index in [2.05, 4.69) is 0 Å². The molecule has 0 spiro atoms. The molecular formula is C21H12O6. The first kappa shape index (κ1) is 16.5. The SMILES string of the molecule is O=C(/C=C/c1cc2ccccc2oc1=O)c1c(O)c2ccccc2oc1=O. The fourth-order valence-corrected chi connectivity index (χ4v) is 2.79. The first-order chi connectivity index (χ1) is 13.0. The molecule has 0 fully saturated rings. The fraction of sp³-hybridized carbons (Fsp3) is 0. The molecule has 0 unspecified atom stereocenters. The van der Waals surface area contributed by atoms with Gasteiger partial charge in [-0.1, -0.05) is 30.3 Å². The zero-order valence-electron chi connectivity index (χ0n) is 13.8. The van der Waals surface area contributed by atoms with Crippen LogP contribution in [0.15, 0.2) is 79.1 Å². The van der Waals surface area contributed by atoms with Gasteiger partial charge in [-0.2, -0.15) is 0 Å². The van der Waals surface area contributed by atoms with Gasteiger partial charge in [0, 0.05) is 5.39 Å². The number of aromatic hydroxyl groups is 1. The molecule has 132 valence electrons. The third kappa shape index (κ3) is 2.93. The van der Waals surface area contributed by atoms with Crippen molar-refractivity contribution >= 4 is 33.8 Å². The van der Waals surface area contributed by atoms with Crippen LogP contribution >= 0.6 is 0 Å². The molecule has 2 aromatic carbocycles. The standard InChI is InChI=1S/C21H12O6/c22-15(18-19(23)14-6-2-4-8-17(14)27-21(18)25)10-9-13-11-12-5-1-3-7-16(12)26-20(13)24/h1-11,23H/b10-9+. The molecule has 0 saturated heterocycles. The molecule has 6 nitrogen and oxygen atoms in total. The van der Waals surface area contributed by atoms with E-state index >= 15 is 0 Å². The predicted molar refractivity (Wildman–Crippen MR) is 100.0 cm³/mol. The van der Waals surface area contributed by atoms with Crippen LogP contribution in [0.1, 0.15) is 15.9 Å². The lowest BCUT2D eigenvalue weighted by atomic mass is 10.1. The number of carbonyl (C=O) groups is 1. The molecule has 0 radical (unpaired) electrons. The van der Waals surface area contributed by atoms with Crippen LogP contribution in [-0.4, -0.2) is 10.9 Å². The Kier molecular flexibility index (Phi) is 3.93. The molecule has 1 N–H and O–H groups in total. The fourth-order valence-electron chi connectivity index (χ4n) is 2.79. The van der Waals surface area contributed by atoms with Gasteiger partial charge in [0.1, 0.15) is 22.5 Å². The van der Waals surface area contributed by atoms with Crippen LogP contribution in [0.4, 0.5) is 0 Å². The number of hydrogen-bond acceptors (Lipinski definition) is 6. The van der Waals surface area contributed by atoms with Crippen LogP contribution in [-0.2, 0) is 0 Å². The zero-order chi connectivity index (χ0) is 19.0. The summed E-state index contributed by atoms with van der Waals surface area (Å²) in [5.74, 6) is -1.23. The Morgan fingerprint density at radius 2 is 1.56 bits per heavy atom. The van der Waals surface area contributed by atoms with Gasteiger partial charge in [-0.25, -0.2) is 9.59 Å². The van der Waals surface area contributed by atoms with Gasteiger partial charge >= 0.3 is 11.3 Å². The van der Waals surface area contributed by atoms with Crippen molar-refractivity contribution in [2.75, 3.05) is 0 Å². The number of carbonyl (C=O) groups excluding carboxylic acids is 1. The summed E-state index contributed by atoms with van der Waals surface area (Å²) in [6.45, 7) is 0. The summed E-state index contributed by atoms with van der Waals surface area (Å²) < 4.78 is 10.3. The molecule has 2 aromatic heterocycles. The molecule has 0 aliphatic carbocycles. The summed E-state index contributed by atoms with van der Waals surface area (Å²) in [5.41, 5.74) is -1.31. The quantitative estimate of drug-likeness (QED) is 0.341. The topological polar surface area (TPSA) is 97.7 Å². The van der Waals surface area contributed by atoms with Gasteiger partial charge in [0.2, 0.25) is 0 Å². The monoisotopic (exact) mass is 360 g/mol. The van der Waals surface area contributed by atoms with Crippen molar-refractivity contribution in [3.63, 3.8) is 0 Å². The zero-order valence-corrected chi connectivity index (χ0v) is 13.8. The maximum absolute atomic E-state index is 12.4. The van der Waals surface area contributed by atoms with E-state index in [4.69, 9.17) is 8.83 Å². The van der Waals surface area contributed by atoms with Gasteiger partial charge in [0.25, 0.3) is 0 Å². The highest BCUT2D eigenvalue weighted by molar-refractivity contribution is 6.10. The van der Waals surface area contributed by atoms with Gasteiger partial charge in [0.15, 0.2) is 5.78 Å². The summed E-state index contributed by atoms with van der Waals surface area (Å²) >= 11 is 0. The Morgan fingerprint density at radius 3 is 2.37 bits per heavy atom. The van der Waals surface area contributed by atoms with Crippen molar-refractivity contribution in [3.8, 4) is 5.75 Å². The minimum Gasteiger partial charge on any atom is -0.506 e. The highest BCUT2D eigenvalue weighted by Gasteiger charge is 2.19. The number of rotatable bonds is 3. The number of ketones is 1. The maximum Gasteiger partial charge on any atom is 0.351 e. The maximum atomic E-state index is 12.4. The van der Waals surface area contributed by atoms with Crippen LogP contribution in [0, 0.1) is 0 Å². The summed E-state index contributed by atoms with van der Waals surface area (Å²) in [4.78, 5) is 36.6. The largest absolute Gasteiger partial charge is 0.506 e. The van der Waals surface area contributed by atoms with Crippen molar-refractivity contribution < 1.29 is 18.7 Å². The molecule has 0 amide bonds. The third-order valence-electron chi connectivity index (χ3n) is 4.11. The summed E-state index contributed by atoms with van der Waals surface area (Å²) in [7, 11) is 0. The van der Waals surface area contributed by atoms with Crippen molar-refractivity contribution in [2.45, 2.75) is 0 Å². The molecule has 0 aliphatic heterocycles. The van der Waals surface area contributed by atoms with E-state index in [1.807, 2.05) is 0 Å². The van der Waals surface area contributed by atoms with Gasteiger partial charge in [0.05, 0.1) is 10.9 Å². The summed E-state index contributed by atoms with van der Waals surface area (Å²) in [6.07, 6.45) is 2.27. The molecule has 4 rings (SSSR count). The molecule has 0 saturated carbocycles. The molecule has 4 aromatic rings. The van der Waals surface area contributed by atoms with E-state index in [0.29, 0.717) is 11.0 Å². The third-order valence-corrected chi connectivity index (χ3v) is 4.11. The van der Waals surface area contributed by atoms with Crippen molar-refractivity contribution in [1.29, 1.82) is 0 Å². The number of para-hydroxylation sites is 2. The van der Waals surface area contributed by atoms with E-state index in [-0.39, 0.29) is 16.5 Å². The average Bonchev–Trinajstić information content (AvgIpc) is 2.66. The second-order valence-electron chi connectivity index (χ2n) is 5.83. The molecule has 0 atom stereocenters. The predicted octanol–water partition coefficient (Wildman–Crippen LogP) is 3.50. The van der Waals surface area contributed by atoms with Gasteiger partial charge in [-0.15, -0.1) is 0 Å². The number of fused-ring (bicyclic) bond motifs is 2. The van der Waals surface area contributed by atoms with Crippen molar-refractivity contribution in [1.82, 2.24) is 0 Å². The summed E-state index contributed by atoms with van der Waals surface area (Å²) in [5, 5.41) is 11.2. The highest BCUT2D eigenvalue weighted by atomic mass is 16.4. The smallest absolute Gasteiger partial charge is 0.351 e. The Labute approximate surface area is 151 Å². The molecule has 6 heteroatoms. The van der Waals surface area contributed by atoms with E-state index in [9.17, 15) is 19.5 Å². The number of benzene rings is 2. The Hall–Kier alpha value is -3.93. The minimum absolute atomic E-state index is 0.145. The second-order valence-corrected chi connectivity index (χ2v) is 5.83. The number of hydrogen-bond donors (Lipinski definition) is 1. The van der Waals surface area contributed by atoms with E-state index < -0.39 is 28.3 Å². The lowest BCUT2D eigenvalue weighted by molar-refractivity contribution is 0.104. The highest BCUT2D eigenvalue weighted by Crippen LogP contribution is 2.26. The molecular weight excluding hydrogens is 348 g/mol. The lowest BCUT2D eigenvalue weighted by Gasteiger charge is -2.03. The van der Waals surface area contributed by atoms with Crippen LogP contribution in [0.25, 0.3) is 28.0 Å². The van der Waals surface area contributed by atoms with E-state index in [1.165, 1.54) is 18.2 Å². The summed E-state index contributed by atoms with van der Waals surface area (Å²) in [6, 6.07) is 14.9. The van der Waals surface area contributed by atoms with Crippen LogP contribution < -0.4 is 11.3 Å².